The minimum absolute atomic E-state index is 0.223. The second-order valence-electron chi connectivity index (χ2n) is 6.54. The van der Waals surface area contributed by atoms with Gasteiger partial charge in [-0.2, -0.15) is 4.80 Å². The van der Waals surface area contributed by atoms with Crippen LogP contribution in [0.5, 0.6) is 0 Å². The number of imide groups is 1. The van der Waals surface area contributed by atoms with Gasteiger partial charge >= 0.3 is 6.03 Å². The van der Waals surface area contributed by atoms with Crippen LogP contribution in [0, 0.1) is 6.92 Å². The Bertz CT molecular complexity index is 1180. The molecule has 8 nitrogen and oxygen atoms in total. The number of rotatable bonds is 4. The van der Waals surface area contributed by atoms with Gasteiger partial charge in [0.25, 0.3) is 5.91 Å². The Morgan fingerprint density at radius 2 is 1.72 bits per heavy atom. The van der Waals surface area contributed by atoms with Crippen LogP contribution in [0.4, 0.5) is 10.5 Å². The summed E-state index contributed by atoms with van der Waals surface area (Å²) >= 11 is 0. The molecular weight excluding hydrogens is 368 g/mol. The van der Waals surface area contributed by atoms with Gasteiger partial charge < -0.3 is 5.32 Å². The molecule has 3 aromatic carbocycles. The van der Waals surface area contributed by atoms with E-state index in [-0.39, 0.29) is 6.54 Å². The molecule has 4 rings (SSSR count). The summed E-state index contributed by atoms with van der Waals surface area (Å²) in [5.41, 5.74) is 2.50. The molecule has 0 bridgehead atoms. The van der Waals surface area contributed by atoms with Gasteiger partial charge in [0.05, 0.1) is 0 Å². The molecule has 144 valence electrons. The molecule has 0 fully saturated rings. The number of aromatic nitrogens is 4. The second kappa shape index (κ2) is 7.89. The van der Waals surface area contributed by atoms with Crippen molar-refractivity contribution in [1.29, 1.82) is 0 Å². The zero-order chi connectivity index (χ0) is 20.2. The van der Waals surface area contributed by atoms with Gasteiger partial charge in [-0.15, -0.1) is 10.2 Å². The molecule has 0 saturated carbocycles. The monoisotopic (exact) mass is 386 g/mol. The smallest absolute Gasteiger partial charge is 0.308 e. The highest BCUT2D eigenvalue weighted by molar-refractivity contribution is 6.01. The Balaban J connectivity index is 1.41. The third-order valence-electron chi connectivity index (χ3n) is 4.33. The maximum Gasteiger partial charge on any atom is 0.325 e. The van der Waals surface area contributed by atoms with Crippen molar-refractivity contribution in [2.45, 2.75) is 13.5 Å². The molecule has 29 heavy (non-hydrogen) atoms. The first-order valence-electron chi connectivity index (χ1n) is 9.02. The normalized spacial score (nSPS) is 10.7. The Morgan fingerprint density at radius 1 is 0.966 bits per heavy atom. The Hall–Kier alpha value is -4.07. The molecule has 0 aliphatic carbocycles. The van der Waals surface area contributed by atoms with Gasteiger partial charge in [-0.1, -0.05) is 60.2 Å². The van der Waals surface area contributed by atoms with Crippen molar-refractivity contribution in [3.63, 3.8) is 0 Å². The van der Waals surface area contributed by atoms with Crippen LogP contribution >= 0.6 is 0 Å². The number of hydrogen-bond acceptors (Lipinski definition) is 5. The van der Waals surface area contributed by atoms with Crippen molar-refractivity contribution >= 4 is 28.4 Å². The molecule has 1 aromatic heterocycles. The number of aryl methyl sites for hydroxylation is 1. The van der Waals surface area contributed by atoms with Crippen molar-refractivity contribution in [2.24, 2.45) is 0 Å². The summed E-state index contributed by atoms with van der Waals surface area (Å²) in [7, 11) is 0. The van der Waals surface area contributed by atoms with Gasteiger partial charge in [0.15, 0.2) is 0 Å². The molecule has 0 radical (unpaired) electrons. The Kier molecular flexibility index (Phi) is 4.98. The summed E-state index contributed by atoms with van der Waals surface area (Å²) < 4.78 is 0. The SMILES string of the molecule is Cc1ccc(NC(=O)NC(=O)Cn2nnc(-c3cccc4ccccc34)n2)cc1. The standard InChI is InChI=1S/C21H18N6O2/c1-14-9-11-16(12-10-14)22-21(29)23-19(28)13-27-25-20(24-26-27)18-8-4-6-15-5-2-3-7-17(15)18/h2-12H,13H2,1H3,(H2,22,23,28,29). The lowest BCUT2D eigenvalue weighted by atomic mass is 10.0. The molecule has 0 atom stereocenters. The van der Waals surface area contributed by atoms with E-state index >= 15 is 0 Å². The first kappa shape index (κ1) is 18.3. The topological polar surface area (TPSA) is 102 Å². The number of nitrogens with one attached hydrogen (secondary N) is 2. The number of benzene rings is 3. The maximum atomic E-state index is 12.1. The van der Waals surface area contributed by atoms with E-state index in [1.807, 2.05) is 61.5 Å². The first-order chi connectivity index (χ1) is 14.1. The predicted octanol–water partition coefficient (Wildman–Crippen LogP) is 3.15. The molecule has 0 aliphatic rings. The number of nitrogens with zero attached hydrogens (tertiary/aromatic N) is 4. The molecule has 0 saturated heterocycles. The van der Waals surface area contributed by atoms with Crippen LogP contribution in [-0.4, -0.2) is 32.1 Å². The van der Waals surface area contributed by atoms with Crippen molar-refractivity contribution in [1.82, 2.24) is 25.5 Å². The van der Waals surface area contributed by atoms with Crippen LogP contribution in [0.1, 0.15) is 5.56 Å². The van der Waals surface area contributed by atoms with E-state index in [0.717, 1.165) is 26.7 Å². The second-order valence-corrected chi connectivity index (χ2v) is 6.54. The third kappa shape index (κ3) is 4.27. The summed E-state index contributed by atoms with van der Waals surface area (Å²) in [5.74, 6) is -0.129. The van der Waals surface area contributed by atoms with E-state index in [1.54, 1.807) is 12.1 Å². The lowest BCUT2D eigenvalue weighted by molar-refractivity contribution is -0.120. The van der Waals surface area contributed by atoms with E-state index in [1.165, 1.54) is 0 Å². The number of anilines is 1. The number of amides is 3. The number of fused-ring (bicyclic) bond motifs is 1. The highest BCUT2D eigenvalue weighted by atomic mass is 16.2. The predicted molar refractivity (Wildman–Crippen MR) is 109 cm³/mol. The minimum Gasteiger partial charge on any atom is -0.308 e. The molecule has 0 spiro atoms. The fourth-order valence-electron chi connectivity index (χ4n) is 2.93. The first-order valence-corrected chi connectivity index (χ1v) is 9.02. The van der Waals surface area contributed by atoms with E-state index < -0.39 is 11.9 Å². The van der Waals surface area contributed by atoms with Crippen molar-refractivity contribution < 1.29 is 9.59 Å². The average molecular weight is 386 g/mol. The van der Waals surface area contributed by atoms with Crippen molar-refractivity contribution in [3.8, 4) is 11.4 Å². The molecule has 0 aliphatic heterocycles. The van der Waals surface area contributed by atoms with Crippen LogP contribution in [0.25, 0.3) is 22.2 Å². The molecule has 4 aromatic rings. The maximum absolute atomic E-state index is 12.1. The fourth-order valence-corrected chi connectivity index (χ4v) is 2.93. The number of carbonyl (C=O) groups is 2. The number of tetrazole rings is 1. The fraction of sp³-hybridized carbons (Fsp3) is 0.0952. The zero-order valence-electron chi connectivity index (χ0n) is 15.7. The lowest BCUT2D eigenvalue weighted by Crippen LogP contribution is -2.37. The number of carbonyl (C=O) groups excluding carboxylic acids is 2. The molecule has 8 heteroatoms. The van der Waals surface area contributed by atoms with Crippen LogP contribution in [0.15, 0.2) is 66.7 Å². The van der Waals surface area contributed by atoms with Gasteiger partial charge in [0.2, 0.25) is 5.82 Å². The largest absolute Gasteiger partial charge is 0.325 e. The van der Waals surface area contributed by atoms with Crippen molar-refractivity contribution in [3.05, 3.63) is 72.3 Å². The highest BCUT2D eigenvalue weighted by Gasteiger charge is 2.13. The number of urea groups is 1. The molecule has 0 unspecified atom stereocenters. The van der Waals surface area contributed by atoms with Gasteiger partial charge in [0, 0.05) is 11.3 Å². The number of hydrogen-bond donors (Lipinski definition) is 2. The van der Waals surface area contributed by atoms with Gasteiger partial charge in [-0.25, -0.2) is 4.79 Å². The zero-order valence-corrected chi connectivity index (χ0v) is 15.7. The minimum atomic E-state index is -0.617. The summed E-state index contributed by atoms with van der Waals surface area (Å²) in [6, 6.07) is 20.3. The molecule has 2 N–H and O–H groups in total. The van der Waals surface area contributed by atoms with Crippen LogP contribution in [-0.2, 0) is 11.3 Å². The van der Waals surface area contributed by atoms with E-state index in [0.29, 0.717) is 11.5 Å². The van der Waals surface area contributed by atoms with Crippen molar-refractivity contribution in [2.75, 3.05) is 5.32 Å². The van der Waals surface area contributed by atoms with E-state index in [2.05, 4.69) is 26.0 Å². The summed E-state index contributed by atoms with van der Waals surface area (Å²) in [4.78, 5) is 25.2. The Morgan fingerprint density at radius 3 is 2.55 bits per heavy atom. The van der Waals surface area contributed by atoms with Crippen LogP contribution in [0.2, 0.25) is 0 Å². The van der Waals surface area contributed by atoms with Crippen LogP contribution < -0.4 is 10.6 Å². The summed E-state index contributed by atoms with van der Waals surface area (Å²) in [6.45, 7) is 1.73. The Labute approximate surface area is 166 Å². The molecule has 1 heterocycles. The van der Waals surface area contributed by atoms with Crippen LogP contribution in [0.3, 0.4) is 0 Å². The summed E-state index contributed by atoms with van der Waals surface area (Å²) in [6.07, 6.45) is 0. The molecule has 3 amide bonds. The highest BCUT2D eigenvalue weighted by Crippen LogP contribution is 2.25. The van der Waals surface area contributed by atoms with E-state index in [4.69, 9.17) is 0 Å². The van der Waals surface area contributed by atoms with E-state index in [9.17, 15) is 9.59 Å². The third-order valence-corrected chi connectivity index (χ3v) is 4.33. The van der Waals surface area contributed by atoms with Gasteiger partial charge in [-0.3, -0.25) is 10.1 Å². The molecular formula is C21H18N6O2. The quantitative estimate of drug-likeness (QED) is 0.561. The summed E-state index contributed by atoms with van der Waals surface area (Å²) in [5, 5.41) is 19.2. The van der Waals surface area contributed by atoms with Gasteiger partial charge in [0.1, 0.15) is 6.54 Å². The average Bonchev–Trinajstić information content (AvgIpc) is 3.17. The lowest BCUT2D eigenvalue weighted by Gasteiger charge is -2.06. The van der Waals surface area contributed by atoms with Gasteiger partial charge in [-0.05, 0) is 35.0 Å².